The Labute approximate surface area is 383 Å². The van der Waals surface area contributed by atoms with Crippen molar-refractivity contribution in [3.05, 3.63) is 49.1 Å². The predicted octanol–water partition coefficient (Wildman–Crippen LogP) is 5.44. The molecule has 17 heteroatoms. The van der Waals surface area contributed by atoms with Gasteiger partial charge in [0.1, 0.15) is 41.6 Å². The molecule has 1 aromatic heterocycles. The number of aromatic nitrogens is 1. The van der Waals surface area contributed by atoms with E-state index in [1.807, 2.05) is 49.9 Å². The van der Waals surface area contributed by atoms with Crippen LogP contribution in [0.4, 0.5) is 6.01 Å². The molecule has 0 saturated carbocycles. The van der Waals surface area contributed by atoms with Gasteiger partial charge in [-0.2, -0.15) is 4.98 Å². The van der Waals surface area contributed by atoms with Crippen molar-refractivity contribution in [1.82, 2.24) is 9.88 Å². The van der Waals surface area contributed by atoms with Crippen LogP contribution >= 0.6 is 0 Å². The summed E-state index contributed by atoms with van der Waals surface area (Å²) in [6, 6.07) is 5.58. The first-order valence-electron chi connectivity index (χ1n) is 22.7. The van der Waals surface area contributed by atoms with E-state index in [2.05, 4.69) is 28.3 Å². The standard InChI is InChI=1S/C48H71N5O12/c1-14-19-53(20-15-2)46-50-35-22-33(17-18-37(35)63-46)24-61-51-34-25-59-43-29(6)39(49-32(9)54)27(4)23-47(10,60-26-34)42(65-45-41(56)36(52(12)13)21-28(5)62-45)30(7)40(55)31(8)44(57)64-38(16-3)48(43,11)58/h14-15,17-18,22,27-31,36,38,41-43,45,56,58H,1-2,16,19-21,23-26H2,3-13H3/b49-39?,51-34+/t27-,28-,29+,30+,31-,36+,38-,41-,42-,43+,45+,47-,48-/m1/s1. The van der Waals surface area contributed by atoms with Gasteiger partial charge in [0.05, 0.1) is 37.1 Å². The second-order valence-corrected chi connectivity index (χ2v) is 18.6. The van der Waals surface area contributed by atoms with Crippen molar-refractivity contribution in [3.8, 4) is 0 Å². The molecule has 17 nitrogen and oxygen atoms in total. The van der Waals surface area contributed by atoms with Crippen LogP contribution in [0, 0.1) is 23.7 Å². The molecule has 1 amide bonds. The maximum atomic E-state index is 14.6. The smallest absolute Gasteiger partial charge is 0.316 e. The van der Waals surface area contributed by atoms with Crippen molar-refractivity contribution >= 4 is 46.2 Å². The molecule has 0 unspecified atom stereocenters. The van der Waals surface area contributed by atoms with Crippen molar-refractivity contribution in [1.29, 1.82) is 0 Å². The second kappa shape index (κ2) is 22.0. The topological polar surface area (TPSA) is 204 Å². The van der Waals surface area contributed by atoms with Crippen LogP contribution in [-0.2, 0) is 49.5 Å². The zero-order valence-electron chi connectivity index (χ0n) is 40.0. The minimum absolute atomic E-state index is 0.0249. The van der Waals surface area contributed by atoms with Crippen LogP contribution in [0.2, 0.25) is 0 Å². The summed E-state index contributed by atoms with van der Waals surface area (Å²) >= 11 is 0. The van der Waals surface area contributed by atoms with Gasteiger partial charge in [-0.1, -0.05) is 51.1 Å². The summed E-state index contributed by atoms with van der Waals surface area (Å²) < 4.78 is 38.6. The lowest BCUT2D eigenvalue weighted by molar-refractivity contribution is -0.296. The minimum Gasteiger partial charge on any atom is -0.459 e. The lowest BCUT2D eigenvalue weighted by Gasteiger charge is -2.47. The number of carbonyl (C=O) groups is 3. The quantitative estimate of drug-likeness (QED) is 0.118. The lowest BCUT2D eigenvalue weighted by atomic mass is 9.73. The number of hydrogen-bond donors (Lipinski definition) is 2. The summed E-state index contributed by atoms with van der Waals surface area (Å²) in [5.41, 5.74) is -0.670. The van der Waals surface area contributed by atoms with E-state index in [1.165, 1.54) is 20.8 Å². The zero-order chi connectivity index (χ0) is 48.0. The fourth-order valence-electron chi connectivity index (χ4n) is 9.53. The number of oxazole rings is 1. The first-order valence-corrected chi connectivity index (χ1v) is 22.7. The Balaban J connectivity index is 1.62. The van der Waals surface area contributed by atoms with Crippen molar-refractivity contribution in [3.63, 3.8) is 0 Å². The van der Waals surface area contributed by atoms with E-state index in [0.717, 1.165) is 5.56 Å². The normalized spacial score (nSPS) is 35.6. The number of fused-ring (bicyclic) bond motifs is 6. The molecular formula is C48H71N5O12. The number of aliphatic hydroxyl groups excluding tert-OH is 1. The van der Waals surface area contributed by atoms with Crippen molar-refractivity contribution in [2.24, 2.45) is 33.8 Å². The van der Waals surface area contributed by atoms with Crippen molar-refractivity contribution in [2.75, 3.05) is 45.3 Å². The Kier molecular flexibility index (Phi) is 17.4. The Morgan fingerprint density at radius 3 is 2.38 bits per heavy atom. The third-order valence-electron chi connectivity index (χ3n) is 13.0. The van der Waals surface area contributed by atoms with E-state index in [4.69, 9.17) is 32.9 Å². The predicted molar refractivity (Wildman–Crippen MR) is 245 cm³/mol. The van der Waals surface area contributed by atoms with Gasteiger partial charge in [0.2, 0.25) is 5.91 Å². The second-order valence-electron chi connectivity index (χ2n) is 18.6. The molecule has 4 heterocycles. The molecule has 0 radical (unpaired) electrons. The number of ether oxygens (including phenoxy) is 5. The van der Waals surface area contributed by atoms with Crippen LogP contribution in [0.25, 0.3) is 11.1 Å². The Morgan fingerprint density at radius 2 is 1.75 bits per heavy atom. The summed E-state index contributed by atoms with van der Waals surface area (Å²) in [4.78, 5) is 60.4. The number of anilines is 1. The molecule has 5 rings (SSSR count). The number of likely N-dealkylation sites (N-methyl/N-ethyl adjacent to an activating group) is 1. The number of benzene rings is 1. The number of rotatable bonds is 12. The number of cyclic esters (lactones) is 1. The van der Waals surface area contributed by atoms with Gasteiger partial charge in [-0.15, -0.1) is 13.2 Å². The van der Waals surface area contributed by atoms with E-state index >= 15 is 0 Å². The molecule has 3 aliphatic heterocycles. The lowest BCUT2D eigenvalue weighted by Crippen LogP contribution is -2.60. The van der Waals surface area contributed by atoms with Gasteiger partial charge < -0.3 is 53.0 Å². The molecule has 3 saturated heterocycles. The maximum absolute atomic E-state index is 14.6. The van der Waals surface area contributed by atoms with Crippen LogP contribution < -0.4 is 4.90 Å². The van der Waals surface area contributed by atoms with Gasteiger partial charge >= 0.3 is 5.97 Å². The van der Waals surface area contributed by atoms with Gasteiger partial charge in [-0.3, -0.25) is 14.4 Å². The molecule has 2 bridgehead atoms. The number of oxime groups is 1. The molecule has 360 valence electrons. The van der Waals surface area contributed by atoms with Crippen LogP contribution in [0.1, 0.15) is 87.1 Å². The van der Waals surface area contributed by atoms with E-state index in [9.17, 15) is 24.6 Å². The maximum Gasteiger partial charge on any atom is 0.316 e. The Hall–Kier alpha value is -4.36. The van der Waals surface area contributed by atoms with Gasteiger partial charge in [0.25, 0.3) is 6.01 Å². The first-order chi connectivity index (χ1) is 30.6. The number of Topliss-reactive ketones (excluding diaryl/α,β-unsaturated/α-hetero) is 1. The number of ketones is 1. The first kappa shape index (κ1) is 51.6. The fourth-order valence-corrected chi connectivity index (χ4v) is 9.53. The molecule has 0 spiro atoms. The molecule has 1 aromatic carbocycles. The van der Waals surface area contributed by atoms with Crippen molar-refractivity contribution in [2.45, 2.75) is 142 Å². The molecule has 2 aromatic rings. The van der Waals surface area contributed by atoms with Crippen molar-refractivity contribution < 1.29 is 57.5 Å². The monoisotopic (exact) mass is 910 g/mol. The summed E-state index contributed by atoms with van der Waals surface area (Å²) in [6.45, 7) is 23.4. The number of carbonyl (C=O) groups excluding carboxylic acids is 3. The highest BCUT2D eigenvalue weighted by atomic mass is 16.7. The molecule has 3 fully saturated rings. The number of amides is 1. The van der Waals surface area contributed by atoms with E-state index in [1.54, 1.807) is 45.9 Å². The van der Waals surface area contributed by atoms with Gasteiger partial charge in [-0.25, -0.2) is 4.99 Å². The summed E-state index contributed by atoms with van der Waals surface area (Å²) in [6.07, 6.45) is -1.73. The number of esters is 1. The van der Waals surface area contributed by atoms with Crippen LogP contribution in [-0.4, -0.2) is 144 Å². The highest BCUT2D eigenvalue weighted by Crippen LogP contribution is 2.40. The van der Waals surface area contributed by atoms with E-state index < -0.39 is 83.2 Å². The molecule has 65 heavy (non-hydrogen) atoms. The number of hydrogen-bond acceptors (Lipinski definition) is 16. The third-order valence-corrected chi connectivity index (χ3v) is 13.0. The average Bonchev–Trinajstić information content (AvgIpc) is 3.67. The summed E-state index contributed by atoms with van der Waals surface area (Å²) in [5.74, 6) is -5.41. The SMILES string of the molecule is C=CCN(CC=C)c1nc2cc(CO/N=C3\CO[C@H]4[C@@H](C)C(=NC(C)=O)[C@H](C)C[C@@](C)(OC3)[C@H](O[C@@H]3O[C@H](C)C[C@H](N(C)C)[C@H]3O)[C@@H](C)C(=O)[C@@H](C)C(=O)O[C@H](CC)[C@@]4(C)O)ccc2o1. The van der Waals surface area contributed by atoms with Crippen LogP contribution in [0.5, 0.6) is 0 Å². The number of aliphatic imine (C=N–C) groups is 1. The summed E-state index contributed by atoms with van der Waals surface area (Å²) in [7, 11) is 3.73. The zero-order valence-corrected chi connectivity index (χ0v) is 40.0. The molecule has 0 aliphatic carbocycles. The molecule has 2 N–H and O–H groups in total. The fraction of sp³-hybridized carbons (Fsp3) is 0.667. The van der Waals surface area contributed by atoms with Gasteiger partial charge in [0, 0.05) is 43.6 Å². The van der Waals surface area contributed by atoms with E-state index in [-0.39, 0.29) is 50.5 Å². The van der Waals surface area contributed by atoms with Crippen LogP contribution in [0.15, 0.2) is 58.1 Å². The number of nitrogens with zero attached hydrogens (tertiary/aromatic N) is 5. The Morgan fingerprint density at radius 1 is 1.06 bits per heavy atom. The molecule has 13 atom stereocenters. The molecular weight excluding hydrogens is 839 g/mol. The van der Waals surface area contributed by atoms with Gasteiger partial charge in [-0.05, 0) is 84.7 Å². The largest absolute Gasteiger partial charge is 0.459 e. The Bertz CT molecular complexity index is 2060. The van der Waals surface area contributed by atoms with Gasteiger partial charge in [0.15, 0.2) is 17.7 Å². The highest BCUT2D eigenvalue weighted by Gasteiger charge is 2.53. The van der Waals surface area contributed by atoms with E-state index in [0.29, 0.717) is 42.3 Å². The third kappa shape index (κ3) is 12.0. The average molecular weight is 910 g/mol. The van der Waals surface area contributed by atoms with Crippen LogP contribution in [0.3, 0.4) is 0 Å². The highest BCUT2D eigenvalue weighted by molar-refractivity contribution is 6.00. The summed E-state index contributed by atoms with van der Waals surface area (Å²) in [5, 5.41) is 28.7. The molecule has 3 aliphatic rings. The number of aliphatic hydroxyl groups is 2. The minimum atomic E-state index is -1.87.